The highest BCUT2D eigenvalue weighted by Gasteiger charge is 2.25. The Morgan fingerprint density at radius 2 is 2.50 bits per heavy atom. The van der Waals surface area contributed by atoms with Gasteiger partial charge in [-0.15, -0.1) is 11.6 Å². The first kappa shape index (κ1) is 9.81. The second kappa shape index (κ2) is 4.67. The van der Waals surface area contributed by atoms with E-state index in [2.05, 4.69) is 0 Å². The molecule has 1 saturated heterocycles. The molecule has 0 saturated carbocycles. The molecule has 1 rings (SSSR count). The molecule has 0 spiro atoms. The van der Waals surface area contributed by atoms with Crippen LogP contribution in [0.25, 0.3) is 0 Å². The minimum atomic E-state index is 0.0373. The first-order valence-corrected chi connectivity index (χ1v) is 4.64. The van der Waals surface area contributed by atoms with Gasteiger partial charge in [0.05, 0.1) is 6.61 Å². The molecule has 3 nitrogen and oxygen atoms in total. The lowest BCUT2D eigenvalue weighted by Crippen LogP contribution is -2.30. The van der Waals surface area contributed by atoms with E-state index >= 15 is 0 Å². The standard InChI is InChI=1S/C8H14ClNO2/c1-12-6-7-2-3-10(5-7)8(11)4-9/h7H,2-6H2,1H3/t7-/m0/s1. The SMILES string of the molecule is COC[C@H]1CCN(C(=O)CCl)C1. The summed E-state index contributed by atoms with van der Waals surface area (Å²) in [5, 5.41) is 0. The fourth-order valence-corrected chi connectivity index (χ4v) is 1.68. The topological polar surface area (TPSA) is 29.5 Å². The zero-order chi connectivity index (χ0) is 8.97. The fraction of sp³-hybridized carbons (Fsp3) is 0.875. The van der Waals surface area contributed by atoms with Crippen LogP contribution in [0.15, 0.2) is 0 Å². The molecule has 0 aromatic heterocycles. The second-order valence-electron chi connectivity index (χ2n) is 3.08. The van der Waals surface area contributed by atoms with Gasteiger partial charge in [0.15, 0.2) is 0 Å². The van der Waals surface area contributed by atoms with Crippen LogP contribution in [0.1, 0.15) is 6.42 Å². The first-order chi connectivity index (χ1) is 5.77. The van der Waals surface area contributed by atoms with Gasteiger partial charge in [-0.2, -0.15) is 0 Å². The van der Waals surface area contributed by atoms with E-state index in [1.54, 1.807) is 12.0 Å². The van der Waals surface area contributed by atoms with Crippen molar-refractivity contribution in [1.82, 2.24) is 4.90 Å². The summed E-state index contributed by atoms with van der Waals surface area (Å²) < 4.78 is 5.02. The van der Waals surface area contributed by atoms with E-state index in [-0.39, 0.29) is 11.8 Å². The Balaban J connectivity index is 2.30. The number of rotatable bonds is 3. The summed E-state index contributed by atoms with van der Waals surface area (Å²) in [4.78, 5) is 12.9. The van der Waals surface area contributed by atoms with Crippen LogP contribution in [0.4, 0.5) is 0 Å². The van der Waals surface area contributed by atoms with Gasteiger partial charge in [0.2, 0.25) is 5.91 Å². The maximum Gasteiger partial charge on any atom is 0.237 e. The van der Waals surface area contributed by atoms with Gasteiger partial charge in [-0.05, 0) is 6.42 Å². The number of hydrogen-bond donors (Lipinski definition) is 0. The van der Waals surface area contributed by atoms with Gasteiger partial charge in [-0.1, -0.05) is 0 Å². The quantitative estimate of drug-likeness (QED) is 0.616. The minimum absolute atomic E-state index is 0.0373. The van der Waals surface area contributed by atoms with Crippen molar-refractivity contribution in [2.75, 3.05) is 32.7 Å². The highest BCUT2D eigenvalue weighted by atomic mass is 35.5. The Bertz CT molecular complexity index is 163. The minimum Gasteiger partial charge on any atom is -0.384 e. The molecule has 1 atom stereocenters. The van der Waals surface area contributed by atoms with Crippen molar-refractivity contribution in [3.05, 3.63) is 0 Å². The van der Waals surface area contributed by atoms with Crippen molar-refractivity contribution in [3.63, 3.8) is 0 Å². The third kappa shape index (κ3) is 2.35. The molecule has 0 unspecified atom stereocenters. The number of amides is 1. The summed E-state index contributed by atoms with van der Waals surface area (Å²) in [5.74, 6) is 0.636. The molecule has 0 radical (unpaired) electrons. The first-order valence-electron chi connectivity index (χ1n) is 4.10. The number of likely N-dealkylation sites (tertiary alicyclic amines) is 1. The van der Waals surface area contributed by atoms with Crippen molar-refractivity contribution < 1.29 is 9.53 Å². The Labute approximate surface area is 77.6 Å². The van der Waals surface area contributed by atoms with E-state index in [1.807, 2.05) is 0 Å². The molecule has 0 bridgehead atoms. The average Bonchev–Trinajstić information content (AvgIpc) is 2.52. The summed E-state index contributed by atoms with van der Waals surface area (Å²) >= 11 is 5.43. The molecule has 0 aliphatic carbocycles. The highest BCUT2D eigenvalue weighted by molar-refractivity contribution is 6.27. The van der Waals surface area contributed by atoms with Gasteiger partial charge in [-0.3, -0.25) is 4.79 Å². The van der Waals surface area contributed by atoms with Crippen LogP contribution in [-0.2, 0) is 9.53 Å². The summed E-state index contributed by atoms with van der Waals surface area (Å²) in [6.07, 6.45) is 1.04. The molecule has 1 aliphatic heterocycles. The Kier molecular flexibility index (Phi) is 3.82. The van der Waals surface area contributed by atoms with E-state index in [4.69, 9.17) is 16.3 Å². The van der Waals surface area contributed by atoms with Gasteiger partial charge in [0.1, 0.15) is 5.88 Å². The van der Waals surface area contributed by atoms with E-state index in [9.17, 15) is 4.79 Å². The molecule has 1 amide bonds. The lowest BCUT2D eigenvalue weighted by Gasteiger charge is -2.14. The number of methoxy groups -OCH3 is 1. The zero-order valence-corrected chi connectivity index (χ0v) is 8.01. The van der Waals surface area contributed by atoms with Gasteiger partial charge in [-0.25, -0.2) is 0 Å². The maximum atomic E-state index is 11.1. The van der Waals surface area contributed by atoms with Crippen LogP contribution in [0.3, 0.4) is 0 Å². The highest BCUT2D eigenvalue weighted by Crippen LogP contribution is 2.16. The summed E-state index contributed by atoms with van der Waals surface area (Å²) in [5.41, 5.74) is 0. The Morgan fingerprint density at radius 1 is 1.75 bits per heavy atom. The van der Waals surface area contributed by atoms with Crippen molar-refractivity contribution in [2.24, 2.45) is 5.92 Å². The van der Waals surface area contributed by atoms with Crippen LogP contribution in [-0.4, -0.2) is 43.5 Å². The molecule has 70 valence electrons. The summed E-state index contributed by atoms with van der Waals surface area (Å²) in [6, 6.07) is 0. The third-order valence-corrected chi connectivity index (χ3v) is 2.38. The smallest absolute Gasteiger partial charge is 0.237 e. The Hall–Kier alpha value is -0.280. The molecule has 1 heterocycles. The van der Waals surface area contributed by atoms with Crippen molar-refractivity contribution >= 4 is 17.5 Å². The number of halogens is 1. The molecule has 0 aromatic rings. The van der Waals surface area contributed by atoms with Crippen LogP contribution in [0.2, 0.25) is 0 Å². The van der Waals surface area contributed by atoms with Crippen molar-refractivity contribution in [3.8, 4) is 0 Å². The Morgan fingerprint density at radius 3 is 3.08 bits per heavy atom. The fourth-order valence-electron chi connectivity index (χ4n) is 1.52. The number of nitrogens with zero attached hydrogens (tertiary/aromatic N) is 1. The second-order valence-corrected chi connectivity index (χ2v) is 3.35. The van der Waals surface area contributed by atoms with Gasteiger partial charge >= 0.3 is 0 Å². The number of alkyl halides is 1. The van der Waals surface area contributed by atoms with Crippen LogP contribution in [0, 0.1) is 5.92 Å². The molecule has 4 heteroatoms. The molecular formula is C8H14ClNO2. The van der Waals surface area contributed by atoms with E-state index in [1.165, 1.54) is 0 Å². The molecule has 1 aliphatic rings. The lowest BCUT2D eigenvalue weighted by atomic mass is 10.1. The number of ether oxygens (including phenoxy) is 1. The zero-order valence-electron chi connectivity index (χ0n) is 7.25. The normalized spacial score (nSPS) is 23.2. The lowest BCUT2D eigenvalue weighted by molar-refractivity contribution is -0.127. The van der Waals surface area contributed by atoms with Crippen LogP contribution in [0.5, 0.6) is 0 Å². The predicted octanol–water partition coefficient (Wildman–Crippen LogP) is 0.720. The summed E-state index contributed by atoms with van der Waals surface area (Å²) in [7, 11) is 1.69. The van der Waals surface area contributed by atoms with E-state index in [0.29, 0.717) is 5.92 Å². The van der Waals surface area contributed by atoms with Gasteiger partial charge in [0, 0.05) is 26.1 Å². The van der Waals surface area contributed by atoms with E-state index < -0.39 is 0 Å². The monoisotopic (exact) mass is 191 g/mol. The average molecular weight is 192 g/mol. The third-order valence-electron chi connectivity index (χ3n) is 2.16. The van der Waals surface area contributed by atoms with Crippen molar-refractivity contribution in [1.29, 1.82) is 0 Å². The van der Waals surface area contributed by atoms with E-state index in [0.717, 1.165) is 26.1 Å². The summed E-state index contributed by atoms with van der Waals surface area (Å²) in [6.45, 7) is 2.38. The largest absolute Gasteiger partial charge is 0.384 e. The van der Waals surface area contributed by atoms with Gasteiger partial charge in [0.25, 0.3) is 0 Å². The van der Waals surface area contributed by atoms with Crippen molar-refractivity contribution in [2.45, 2.75) is 6.42 Å². The van der Waals surface area contributed by atoms with Crippen LogP contribution < -0.4 is 0 Å². The maximum absolute atomic E-state index is 11.1. The number of hydrogen-bond acceptors (Lipinski definition) is 2. The molecule has 12 heavy (non-hydrogen) atoms. The number of carbonyl (C=O) groups is 1. The molecule has 0 aromatic carbocycles. The number of carbonyl (C=O) groups excluding carboxylic acids is 1. The predicted molar refractivity (Wildman–Crippen MR) is 47.3 cm³/mol. The molecular weight excluding hydrogens is 178 g/mol. The van der Waals surface area contributed by atoms with Crippen LogP contribution >= 0.6 is 11.6 Å². The molecule has 1 fully saturated rings. The molecule has 0 N–H and O–H groups in total. The van der Waals surface area contributed by atoms with Gasteiger partial charge < -0.3 is 9.64 Å².